The number of halogens is 2. The highest BCUT2D eigenvalue weighted by atomic mass is 35.5. The van der Waals surface area contributed by atoms with Gasteiger partial charge in [-0.05, 0) is 30.5 Å². The van der Waals surface area contributed by atoms with Gasteiger partial charge in [0.15, 0.2) is 0 Å². The van der Waals surface area contributed by atoms with Crippen LogP contribution in [0.4, 0.5) is 0 Å². The number of rotatable bonds is 10. The molecule has 1 aliphatic rings. The van der Waals surface area contributed by atoms with Crippen molar-refractivity contribution < 1.29 is 19.1 Å². The maximum Gasteiger partial charge on any atom is 0.253 e. The number of benzene rings is 1. The van der Waals surface area contributed by atoms with Gasteiger partial charge in [0, 0.05) is 30.7 Å². The molecule has 1 aliphatic heterocycles. The number of nitrogens with one attached hydrogen (secondary N) is 3. The van der Waals surface area contributed by atoms with Crippen LogP contribution in [-0.4, -0.2) is 74.6 Å². The van der Waals surface area contributed by atoms with E-state index in [1.165, 1.54) is 18.2 Å². The lowest BCUT2D eigenvalue weighted by molar-refractivity contribution is -0.125. The molecule has 0 aromatic heterocycles. The fraction of sp³-hybridized carbons (Fsp3) is 0.571. The molecule has 1 fully saturated rings. The first-order chi connectivity index (χ1) is 14.8. The quantitative estimate of drug-likeness (QED) is 0.481. The number of carbonyl (C=O) groups is 3. The summed E-state index contributed by atoms with van der Waals surface area (Å²) < 4.78 is 5.41. The molecule has 0 radical (unpaired) electrons. The number of morpholine rings is 1. The molecule has 2 rings (SSSR count). The van der Waals surface area contributed by atoms with Crippen LogP contribution in [0, 0.1) is 5.92 Å². The Bertz CT molecular complexity index is 770. The van der Waals surface area contributed by atoms with Crippen molar-refractivity contribution in [3.05, 3.63) is 33.8 Å². The minimum atomic E-state index is -0.497. The van der Waals surface area contributed by atoms with Crippen LogP contribution in [0.3, 0.4) is 0 Å². The third-order valence-corrected chi connectivity index (χ3v) is 5.42. The van der Waals surface area contributed by atoms with Gasteiger partial charge >= 0.3 is 0 Å². The Morgan fingerprint density at radius 2 is 1.68 bits per heavy atom. The smallest absolute Gasteiger partial charge is 0.253 e. The molecular weight excluding hydrogens is 443 g/mol. The van der Waals surface area contributed by atoms with Gasteiger partial charge in [-0.2, -0.15) is 0 Å². The van der Waals surface area contributed by atoms with Gasteiger partial charge in [0.05, 0.1) is 36.9 Å². The lowest BCUT2D eigenvalue weighted by Crippen LogP contribution is -2.50. The van der Waals surface area contributed by atoms with Crippen LogP contribution in [0.2, 0.25) is 10.0 Å². The molecular formula is C21H30Cl2N4O4. The third-order valence-electron chi connectivity index (χ3n) is 4.87. The van der Waals surface area contributed by atoms with Crippen LogP contribution in [0.25, 0.3) is 0 Å². The zero-order valence-corrected chi connectivity index (χ0v) is 19.4. The summed E-state index contributed by atoms with van der Waals surface area (Å²) in [6.45, 7) is 7.49. The molecule has 0 spiro atoms. The summed E-state index contributed by atoms with van der Waals surface area (Å²) in [4.78, 5) is 38.6. The van der Waals surface area contributed by atoms with Crippen LogP contribution in [0.1, 0.15) is 30.6 Å². The summed E-state index contributed by atoms with van der Waals surface area (Å²) in [6, 6.07) is 4.70. The minimum Gasteiger partial charge on any atom is -0.379 e. The maximum atomic E-state index is 12.2. The lowest BCUT2D eigenvalue weighted by Gasteiger charge is -2.35. The largest absolute Gasteiger partial charge is 0.379 e. The Morgan fingerprint density at radius 3 is 2.32 bits per heavy atom. The van der Waals surface area contributed by atoms with Crippen molar-refractivity contribution >= 4 is 40.9 Å². The molecule has 1 atom stereocenters. The molecule has 10 heteroatoms. The summed E-state index contributed by atoms with van der Waals surface area (Å²) in [5.41, 5.74) is 0.218. The van der Waals surface area contributed by atoms with Crippen molar-refractivity contribution in [2.24, 2.45) is 5.92 Å². The summed E-state index contributed by atoms with van der Waals surface area (Å²) >= 11 is 11.8. The van der Waals surface area contributed by atoms with E-state index in [0.717, 1.165) is 19.5 Å². The van der Waals surface area contributed by atoms with Gasteiger partial charge in [-0.1, -0.05) is 37.0 Å². The Hall–Kier alpha value is -1.87. The third kappa shape index (κ3) is 9.03. The topological polar surface area (TPSA) is 99.8 Å². The van der Waals surface area contributed by atoms with E-state index in [9.17, 15) is 14.4 Å². The molecule has 1 unspecified atom stereocenters. The van der Waals surface area contributed by atoms with Crippen molar-refractivity contribution in [2.45, 2.75) is 26.3 Å². The Labute approximate surface area is 193 Å². The second-order valence-corrected chi connectivity index (χ2v) is 8.66. The van der Waals surface area contributed by atoms with Crippen LogP contribution >= 0.6 is 23.2 Å². The summed E-state index contributed by atoms with van der Waals surface area (Å²) in [7, 11) is 0. The van der Waals surface area contributed by atoms with Gasteiger partial charge in [0.1, 0.15) is 0 Å². The Kier molecular flexibility index (Phi) is 10.5. The van der Waals surface area contributed by atoms with Crippen LogP contribution in [-0.2, 0) is 14.3 Å². The zero-order chi connectivity index (χ0) is 22.8. The van der Waals surface area contributed by atoms with Crippen LogP contribution in [0.15, 0.2) is 18.2 Å². The number of hydrogen-bond acceptors (Lipinski definition) is 5. The Balaban J connectivity index is 1.71. The summed E-state index contributed by atoms with van der Waals surface area (Å²) in [6.07, 6.45) is 0.964. The van der Waals surface area contributed by atoms with Crippen LogP contribution in [0.5, 0.6) is 0 Å². The van der Waals surface area contributed by atoms with E-state index < -0.39 is 11.8 Å². The highest BCUT2D eigenvalue weighted by Gasteiger charge is 2.22. The van der Waals surface area contributed by atoms with Gasteiger partial charge in [-0.15, -0.1) is 0 Å². The lowest BCUT2D eigenvalue weighted by atomic mass is 10.0. The number of hydrogen-bond donors (Lipinski definition) is 3. The maximum absolute atomic E-state index is 12.2. The molecule has 3 amide bonds. The second kappa shape index (κ2) is 12.9. The average Bonchev–Trinajstić information content (AvgIpc) is 2.73. The van der Waals surface area contributed by atoms with Crippen LogP contribution < -0.4 is 16.0 Å². The van der Waals surface area contributed by atoms with Gasteiger partial charge in [0.2, 0.25) is 11.8 Å². The first-order valence-corrected chi connectivity index (χ1v) is 11.1. The average molecular weight is 473 g/mol. The van der Waals surface area contributed by atoms with Crippen molar-refractivity contribution in [1.82, 2.24) is 20.9 Å². The molecule has 1 heterocycles. The van der Waals surface area contributed by atoms with E-state index in [-0.39, 0.29) is 35.6 Å². The van der Waals surface area contributed by atoms with Crippen molar-refractivity contribution in [3.63, 3.8) is 0 Å². The molecule has 0 bridgehead atoms. The minimum absolute atomic E-state index is 0.159. The summed E-state index contributed by atoms with van der Waals surface area (Å²) in [5, 5.41) is 8.47. The first kappa shape index (κ1) is 25.4. The molecule has 31 heavy (non-hydrogen) atoms. The predicted molar refractivity (Wildman–Crippen MR) is 120 cm³/mol. The molecule has 8 nitrogen and oxygen atoms in total. The van der Waals surface area contributed by atoms with Gasteiger partial charge in [0.25, 0.3) is 5.91 Å². The van der Waals surface area contributed by atoms with Gasteiger partial charge in [-0.3, -0.25) is 19.3 Å². The SMILES string of the molecule is CC(C)CC(CNC(=O)CNC(=O)CNC(=O)c1ccc(Cl)cc1Cl)N1CCOCC1. The molecule has 3 N–H and O–H groups in total. The predicted octanol–water partition coefficient (Wildman–Crippen LogP) is 1.70. The monoisotopic (exact) mass is 472 g/mol. The van der Waals surface area contributed by atoms with Crippen molar-refractivity contribution in [3.8, 4) is 0 Å². The fourth-order valence-corrected chi connectivity index (χ4v) is 3.81. The fourth-order valence-electron chi connectivity index (χ4n) is 3.31. The zero-order valence-electron chi connectivity index (χ0n) is 17.9. The number of ether oxygens (including phenoxy) is 1. The number of amides is 3. The van der Waals surface area contributed by atoms with Crippen molar-refractivity contribution in [2.75, 3.05) is 45.9 Å². The number of nitrogens with zero attached hydrogens (tertiary/aromatic N) is 1. The van der Waals surface area contributed by atoms with E-state index >= 15 is 0 Å². The number of carbonyl (C=O) groups excluding carboxylic acids is 3. The first-order valence-electron chi connectivity index (χ1n) is 10.3. The molecule has 1 aromatic rings. The van der Waals surface area contributed by atoms with Crippen molar-refractivity contribution in [1.29, 1.82) is 0 Å². The van der Waals surface area contributed by atoms with E-state index in [1.54, 1.807) is 0 Å². The van der Waals surface area contributed by atoms with E-state index in [2.05, 4.69) is 34.7 Å². The van der Waals surface area contributed by atoms with Gasteiger partial charge < -0.3 is 20.7 Å². The normalized spacial score (nSPS) is 15.4. The van der Waals surface area contributed by atoms with E-state index in [1.807, 2.05) is 0 Å². The Morgan fingerprint density at radius 1 is 1.03 bits per heavy atom. The van der Waals surface area contributed by atoms with E-state index in [0.29, 0.717) is 30.7 Å². The standard InChI is InChI=1S/C21H30Cl2N4O4/c1-14(2)9-16(27-5-7-31-8-6-27)11-24-19(28)12-25-20(29)13-26-21(30)17-4-3-15(22)10-18(17)23/h3-4,10,14,16H,5-9,11-13H2,1-2H3,(H,24,28)(H,25,29)(H,26,30). The van der Waals surface area contributed by atoms with Gasteiger partial charge in [-0.25, -0.2) is 0 Å². The summed E-state index contributed by atoms with van der Waals surface area (Å²) in [5.74, 6) is -0.742. The molecule has 0 saturated carbocycles. The molecule has 0 aliphatic carbocycles. The second-order valence-electron chi connectivity index (χ2n) is 7.82. The molecule has 1 aromatic carbocycles. The molecule has 172 valence electrons. The highest BCUT2D eigenvalue weighted by molar-refractivity contribution is 6.36. The highest BCUT2D eigenvalue weighted by Crippen LogP contribution is 2.20. The molecule has 1 saturated heterocycles. The van der Waals surface area contributed by atoms with E-state index in [4.69, 9.17) is 27.9 Å².